The Balaban J connectivity index is 2.08. The second kappa shape index (κ2) is 5.56. The minimum absolute atomic E-state index is 0.148. The fourth-order valence-corrected chi connectivity index (χ4v) is 3.56. The van der Waals surface area contributed by atoms with Crippen LogP contribution in [-0.4, -0.2) is 44.7 Å². The molecule has 0 atom stereocenters. The summed E-state index contributed by atoms with van der Waals surface area (Å²) in [7, 11) is -3.09. The van der Waals surface area contributed by atoms with Crippen LogP contribution in [0.1, 0.15) is 6.92 Å². The maximum Gasteiger partial charge on any atom is 0.213 e. The Labute approximate surface area is 119 Å². The number of benzene rings is 1. The molecule has 0 saturated carbocycles. The largest absolute Gasteiger partial charge is 0.399 e. The second-order valence-electron chi connectivity index (χ2n) is 4.50. The van der Waals surface area contributed by atoms with Gasteiger partial charge in [-0.2, -0.15) is 4.31 Å². The molecule has 1 fully saturated rings. The first-order valence-electron chi connectivity index (χ1n) is 6.22. The summed E-state index contributed by atoms with van der Waals surface area (Å²) in [6.07, 6.45) is 0. The van der Waals surface area contributed by atoms with Gasteiger partial charge >= 0.3 is 0 Å². The summed E-state index contributed by atoms with van der Waals surface area (Å²) in [6, 6.07) is 5.39. The lowest BCUT2D eigenvalue weighted by Gasteiger charge is -2.35. The van der Waals surface area contributed by atoms with Crippen LogP contribution in [0.5, 0.6) is 0 Å². The molecule has 0 aromatic heterocycles. The van der Waals surface area contributed by atoms with E-state index in [1.807, 2.05) is 6.07 Å². The predicted molar refractivity (Wildman–Crippen MR) is 79.1 cm³/mol. The summed E-state index contributed by atoms with van der Waals surface area (Å²) in [5.74, 6) is 0.148. The molecule has 1 saturated heterocycles. The molecule has 7 heteroatoms. The van der Waals surface area contributed by atoms with E-state index in [9.17, 15) is 8.42 Å². The number of anilines is 2. The number of hydrogen-bond acceptors (Lipinski definition) is 4. The highest BCUT2D eigenvalue weighted by atomic mass is 35.5. The molecule has 0 radical (unpaired) electrons. The van der Waals surface area contributed by atoms with Crippen LogP contribution in [0, 0.1) is 0 Å². The average molecular weight is 304 g/mol. The number of halogens is 1. The summed E-state index contributed by atoms with van der Waals surface area (Å²) in [5, 5.41) is 0.604. The van der Waals surface area contributed by atoms with E-state index in [-0.39, 0.29) is 5.75 Å². The van der Waals surface area contributed by atoms with Crippen molar-refractivity contribution < 1.29 is 8.42 Å². The van der Waals surface area contributed by atoms with Crippen LogP contribution in [0.3, 0.4) is 0 Å². The molecule has 1 aromatic carbocycles. The average Bonchev–Trinajstić information content (AvgIpc) is 2.39. The van der Waals surface area contributed by atoms with Crippen LogP contribution in [0.2, 0.25) is 5.02 Å². The molecule has 0 amide bonds. The minimum Gasteiger partial charge on any atom is -0.399 e. The van der Waals surface area contributed by atoms with E-state index < -0.39 is 10.0 Å². The Morgan fingerprint density at radius 2 is 1.89 bits per heavy atom. The minimum atomic E-state index is -3.09. The first-order valence-corrected chi connectivity index (χ1v) is 8.20. The molecule has 5 nitrogen and oxygen atoms in total. The molecule has 0 aliphatic carbocycles. The first kappa shape index (κ1) is 14.4. The maximum atomic E-state index is 11.8. The number of nitrogen functional groups attached to an aromatic ring is 1. The van der Waals surface area contributed by atoms with E-state index in [4.69, 9.17) is 17.3 Å². The van der Waals surface area contributed by atoms with Crippen molar-refractivity contribution in [1.29, 1.82) is 0 Å². The molecule has 1 heterocycles. The van der Waals surface area contributed by atoms with Gasteiger partial charge in [-0.25, -0.2) is 8.42 Å². The van der Waals surface area contributed by atoms with Gasteiger partial charge in [0.2, 0.25) is 10.0 Å². The highest BCUT2D eigenvalue weighted by molar-refractivity contribution is 7.89. The Morgan fingerprint density at radius 3 is 2.42 bits per heavy atom. The van der Waals surface area contributed by atoms with Crippen molar-refractivity contribution >= 4 is 33.0 Å². The van der Waals surface area contributed by atoms with Gasteiger partial charge in [0.1, 0.15) is 0 Å². The number of rotatable bonds is 3. The Bertz CT molecular complexity index is 554. The van der Waals surface area contributed by atoms with Gasteiger partial charge in [0, 0.05) is 31.9 Å². The molecular formula is C12H18ClN3O2S. The number of nitrogens with two attached hydrogens (primary N) is 1. The predicted octanol–water partition coefficient (Wildman–Crippen LogP) is 1.39. The van der Waals surface area contributed by atoms with Crippen molar-refractivity contribution in [2.75, 3.05) is 42.6 Å². The SMILES string of the molecule is CCS(=O)(=O)N1CCN(c2ccc(N)cc2Cl)CC1. The molecule has 2 N–H and O–H groups in total. The maximum absolute atomic E-state index is 11.8. The summed E-state index contributed by atoms with van der Waals surface area (Å²) >= 11 is 6.16. The third-order valence-electron chi connectivity index (χ3n) is 3.31. The summed E-state index contributed by atoms with van der Waals surface area (Å²) in [4.78, 5) is 2.09. The Hall–Kier alpha value is -0.980. The topological polar surface area (TPSA) is 66.6 Å². The zero-order valence-electron chi connectivity index (χ0n) is 10.8. The number of sulfonamides is 1. The monoisotopic (exact) mass is 303 g/mol. The molecule has 0 bridgehead atoms. The zero-order chi connectivity index (χ0) is 14.0. The van der Waals surface area contributed by atoms with Crippen molar-refractivity contribution in [3.63, 3.8) is 0 Å². The van der Waals surface area contributed by atoms with Crippen molar-refractivity contribution in [1.82, 2.24) is 4.31 Å². The van der Waals surface area contributed by atoms with E-state index in [0.717, 1.165) is 5.69 Å². The van der Waals surface area contributed by atoms with E-state index in [2.05, 4.69) is 4.90 Å². The molecule has 106 valence electrons. The van der Waals surface area contributed by atoms with E-state index in [0.29, 0.717) is 36.9 Å². The Kier molecular flexibility index (Phi) is 4.23. The lowest BCUT2D eigenvalue weighted by molar-refractivity contribution is 0.385. The highest BCUT2D eigenvalue weighted by Gasteiger charge is 2.26. The molecular weight excluding hydrogens is 286 g/mol. The van der Waals surface area contributed by atoms with Gasteiger partial charge in [0.05, 0.1) is 16.5 Å². The van der Waals surface area contributed by atoms with Crippen LogP contribution in [0.4, 0.5) is 11.4 Å². The summed E-state index contributed by atoms with van der Waals surface area (Å²) < 4.78 is 25.1. The number of hydrogen-bond donors (Lipinski definition) is 1. The quantitative estimate of drug-likeness (QED) is 0.857. The van der Waals surface area contributed by atoms with Gasteiger partial charge in [-0.15, -0.1) is 0 Å². The van der Waals surface area contributed by atoms with Gasteiger partial charge < -0.3 is 10.6 Å². The van der Waals surface area contributed by atoms with Crippen LogP contribution in [0.25, 0.3) is 0 Å². The van der Waals surface area contributed by atoms with Crippen molar-refractivity contribution in [2.45, 2.75) is 6.92 Å². The fraction of sp³-hybridized carbons (Fsp3) is 0.500. The van der Waals surface area contributed by atoms with E-state index >= 15 is 0 Å². The van der Waals surface area contributed by atoms with Gasteiger partial charge in [-0.05, 0) is 25.1 Å². The number of piperazine rings is 1. The van der Waals surface area contributed by atoms with E-state index in [1.165, 1.54) is 4.31 Å². The molecule has 0 unspecified atom stereocenters. The normalized spacial score (nSPS) is 17.7. The lowest BCUT2D eigenvalue weighted by atomic mass is 10.2. The Morgan fingerprint density at radius 1 is 1.26 bits per heavy atom. The van der Waals surface area contributed by atoms with Crippen molar-refractivity contribution in [2.24, 2.45) is 0 Å². The fourth-order valence-electron chi connectivity index (χ4n) is 2.17. The second-order valence-corrected chi connectivity index (χ2v) is 7.16. The first-order chi connectivity index (χ1) is 8.94. The zero-order valence-corrected chi connectivity index (χ0v) is 12.4. The molecule has 19 heavy (non-hydrogen) atoms. The molecule has 0 spiro atoms. The van der Waals surface area contributed by atoms with Crippen LogP contribution in [0.15, 0.2) is 18.2 Å². The van der Waals surface area contributed by atoms with Gasteiger partial charge in [-0.3, -0.25) is 0 Å². The van der Waals surface area contributed by atoms with Crippen molar-refractivity contribution in [3.05, 3.63) is 23.2 Å². The molecule has 2 rings (SSSR count). The standard InChI is InChI=1S/C12H18ClN3O2S/c1-2-19(17,18)16-7-5-15(6-8-16)12-4-3-10(14)9-11(12)13/h3-4,9H,2,5-8,14H2,1H3. The number of nitrogens with zero attached hydrogens (tertiary/aromatic N) is 2. The van der Waals surface area contributed by atoms with Gasteiger partial charge in [0.15, 0.2) is 0 Å². The van der Waals surface area contributed by atoms with Crippen LogP contribution in [-0.2, 0) is 10.0 Å². The summed E-state index contributed by atoms with van der Waals surface area (Å²) in [5.41, 5.74) is 7.20. The van der Waals surface area contributed by atoms with Gasteiger partial charge in [-0.1, -0.05) is 11.6 Å². The van der Waals surface area contributed by atoms with Crippen molar-refractivity contribution in [3.8, 4) is 0 Å². The van der Waals surface area contributed by atoms with Crippen LogP contribution >= 0.6 is 11.6 Å². The smallest absolute Gasteiger partial charge is 0.213 e. The van der Waals surface area contributed by atoms with Crippen LogP contribution < -0.4 is 10.6 Å². The lowest BCUT2D eigenvalue weighted by Crippen LogP contribution is -2.49. The third kappa shape index (κ3) is 3.13. The molecule has 1 aliphatic rings. The van der Waals surface area contributed by atoms with Gasteiger partial charge in [0.25, 0.3) is 0 Å². The third-order valence-corrected chi connectivity index (χ3v) is 5.49. The molecule has 1 aliphatic heterocycles. The molecule has 1 aromatic rings. The van der Waals surface area contributed by atoms with E-state index in [1.54, 1.807) is 19.1 Å². The highest BCUT2D eigenvalue weighted by Crippen LogP contribution is 2.28. The summed E-state index contributed by atoms with van der Waals surface area (Å²) in [6.45, 7) is 3.94.